The maximum atomic E-state index is 12.3. The van der Waals surface area contributed by atoms with Crippen LogP contribution in [0.5, 0.6) is 0 Å². The quantitative estimate of drug-likeness (QED) is 0.880. The van der Waals surface area contributed by atoms with E-state index in [4.69, 9.17) is 5.73 Å². The van der Waals surface area contributed by atoms with Crippen molar-refractivity contribution >= 4 is 34.2 Å². The summed E-state index contributed by atoms with van der Waals surface area (Å²) < 4.78 is 1.01. The molecule has 1 aliphatic heterocycles. The maximum absolute atomic E-state index is 12.3. The van der Waals surface area contributed by atoms with E-state index in [1.807, 2.05) is 29.2 Å². The molecule has 0 bridgehead atoms. The van der Waals surface area contributed by atoms with Crippen LogP contribution in [-0.2, 0) is 11.2 Å². The van der Waals surface area contributed by atoms with E-state index in [-0.39, 0.29) is 29.8 Å². The van der Waals surface area contributed by atoms with Gasteiger partial charge in [-0.3, -0.25) is 4.79 Å². The summed E-state index contributed by atoms with van der Waals surface area (Å²) in [6, 6.07) is 8.10. The SMILES string of the molecule is CC1(C)CN(C(=O)Cc2cccc(Br)c2)CCC1N.Cl. The normalized spacial score (nSPS) is 21.2. The average Bonchev–Trinajstić information content (AvgIpc) is 2.32. The predicted molar refractivity (Wildman–Crippen MR) is 88.0 cm³/mol. The van der Waals surface area contributed by atoms with Gasteiger partial charge in [0.25, 0.3) is 0 Å². The number of carbonyl (C=O) groups excluding carboxylic acids is 1. The Labute approximate surface area is 135 Å². The molecule has 0 spiro atoms. The second-order valence-electron chi connectivity index (χ2n) is 6.01. The minimum absolute atomic E-state index is 0. The van der Waals surface area contributed by atoms with Gasteiger partial charge in [-0.15, -0.1) is 12.4 Å². The number of rotatable bonds is 2. The van der Waals surface area contributed by atoms with Crippen LogP contribution >= 0.6 is 28.3 Å². The van der Waals surface area contributed by atoms with Crippen molar-refractivity contribution in [3.8, 4) is 0 Å². The summed E-state index contributed by atoms with van der Waals surface area (Å²) in [4.78, 5) is 14.3. The van der Waals surface area contributed by atoms with E-state index in [1.165, 1.54) is 0 Å². The van der Waals surface area contributed by atoms with Crippen LogP contribution in [0, 0.1) is 5.41 Å². The molecule has 2 rings (SSSR count). The Morgan fingerprint density at radius 3 is 2.80 bits per heavy atom. The third-order valence-electron chi connectivity index (χ3n) is 3.91. The molecular weight excluding hydrogens is 340 g/mol. The van der Waals surface area contributed by atoms with Crippen molar-refractivity contribution < 1.29 is 4.79 Å². The first-order valence-electron chi connectivity index (χ1n) is 6.66. The Bertz CT molecular complexity index is 479. The van der Waals surface area contributed by atoms with Crippen LogP contribution < -0.4 is 5.73 Å². The van der Waals surface area contributed by atoms with Crippen LogP contribution in [0.3, 0.4) is 0 Å². The molecule has 1 aromatic rings. The number of nitrogens with zero attached hydrogens (tertiary/aromatic N) is 1. The van der Waals surface area contributed by atoms with Gasteiger partial charge < -0.3 is 10.6 Å². The first-order chi connectivity index (χ1) is 8.88. The zero-order valence-electron chi connectivity index (χ0n) is 11.9. The summed E-state index contributed by atoms with van der Waals surface area (Å²) in [5.41, 5.74) is 7.16. The number of carbonyl (C=O) groups is 1. The topological polar surface area (TPSA) is 46.3 Å². The predicted octanol–water partition coefficient (Wildman–Crippen LogP) is 3.00. The second kappa shape index (κ2) is 6.92. The van der Waals surface area contributed by atoms with Gasteiger partial charge in [-0.05, 0) is 29.5 Å². The van der Waals surface area contributed by atoms with E-state index < -0.39 is 0 Å². The number of piperidine rings is 1. The van der Waals surface area contributed by atoms with Gasteiger partial charge in [0, 0.05) is 23.6 Å². The molecule has 0 radical (unpaired) electrons. The fourth-order valence-electron chi connectivity index (χ4n) is 2.52. The first-order valence-corrected chi connectivity index (χ1v) is 7.45. The number of amides is 1. The molecule has 3 nitrogen and oxygen atoms in total. The van der Waals surface area contributed by atoms with Gasteiger partial charge in [0.2, 0.25) is 5.91 Å². The number of halogens is 2. The van der Waals surface area contributed by atoms with Crippen LogP contribution in [0.25, 0.3) is 0 Å². The number of hydrogen-bond donors (Lipinski definition) is 1. The molecule has 5 heteroatoms. The highest BCUT2D eigenvalue weighted by molar-refractivity contribution is 9.10. The lowest BCUT2D eigenvalue weighted by molar-refractivity contribution is -0.133. The molecule has 1 aliphatic rings. The Hall–Kier alpha value is -0.580. The lowest BCUT2D eigenvalue weighted by Crippen LogP contribution is -2.54. The van der Waals surface area contributed by atoms with Gasteiger partial charge in [0.15, 0.2) is 0 Å². The Balaban J connectivity index is 0.00000200. The van der Waals surface area contributed by atoms with E-state index in [1.54, 1.807) is 0 Å². The van der Waals surface area contributed by atoms with Gasteiger partial charge in [-0.2, -0.15) is 0 Å². The number of likely N-dealkylation sites (tertiary alicyclic amines) is 1. The van der Waals surface area contributed by atoms with Crippen molar-refractivity contribution in [1.29, 1.82) is 0 Å². The van der Waals surface area contributed by atoms with Gasteiger partial charge in [0.05, 0.1) is 6.42 Å². The van der Waals surface area contributed by atoms with Crippen LogP contribution in [0.4, 0.5) is 0 Å². The zero-order valence-corrected chi connectivity index (χ0v) is 14.3. The largest absolute Gasteiger partial charge is 0.342 e. The number of hydrogen-bond acceptors (Lipinski definition) is 2. The van der Waals surface area contributed by atoms with E-state index in [2.05, 4.69) is 29.8 Å². The highest BCUT2D eigenvalue weighted by atomic mass is 79.9. The minimum atomic E-state index is 0. The summed E-state index contributed by atoms with van der Waals surface area (Å²) in [7, 11) is 0. The van der Waals surface area contributed by atoms with Crippen molar-refractivity contribution in [1.82, 2.24) is 4.90 Å². The summed E-state index contributed by atoms with van der Waals surface area (Å²) >= 11 is 3.43. The molecule has 112 valence electrons. The summed E-state index contributed by atoms with van der Waals surface area (Å²) in [5.74, 6) is 0.193. The average molecular weight is 362 g/mol. The van der Waals surface area contributed by atoms with E-state index >= 15 is 0 Å². The molecule has 1 aromatic carbocycles. The molecule has 1 atom stereocenters. The lowest BCUT2D eigenvalue weighted by atomic mass is 9.79. The molecule has 0 saturated carbocycles. The third kappa shape index (κ3) is 4.21. The van der Waals surface area contributed by atoms with Crippen molar-refractivity contribution in [2.24, 2.45) is 11.1 Å². The number of benzene rings is 1. The molecular formula is C15H22BrClN2O. The van der Waals surface area contributed by atoms with Gasteiger partial charge in [0.1, 0.15) is 0 Å². The Morgan fingerprint density at radius 2 is 2.20 bits per heavy atom. The Kier molecular flexibility index (Phi) is 6.05. The van der Waals surface area contributed by atoms with Crippen LogP contribution in [-0.4, -0.2) is 29.9 Å². The molecule has 1 saturated heterocycles. The zero-order chi connectivity index (χ0) is 14.0. The maximum Gasteiger partial charge on any atom is 0.227 e. The van der Waals surface area contributed by atoms with E-state index in [0.29, 0.717) is 6.42 Å². The Morgan fingerprint density at radius 1 is 1.50 bits per heavy atom. The number of nitrogens with two attached hydrogens (primary N) is 1. The summed E-state index contributed by atoms with van der Waals surface area (Å²) in [5, 5.41) is 0. The smallest absolute Gasteiger partial charge is 0.227 e. The lowest BCUT2D eigenvalue weighted by Gasteiger charge is -2.42. The third-order valence-corrected chi connectivity index (χ3v) is 4.40. The molecule has 1 heterocycles. The summed E-state index contributed by atoms with van der Waals surface area (Å²) in [6.45, 7) is 5.80. The fraction of sp³-hybridized carbons (Fsp3) is 0.533. The minimum Gasteiger partial charge on any atom is -0.342 e. The fourth-order valence-corrected chi connectivity index (χ4v) is 2.97. The highest BCUT2D eigenvalue weighted by Crippen LogP contribution is 2.28. The van der Waals surface area contributed by atoms with Crippen molar-refractivity contribution in [3.63, 3.8) is 0 Å². The standard InChI is InChI=1S/C15H21BrN2O.ClH/c1-15(2)10-18(7-6-13(15)17)14(19)9-11-4-3-5-12(16)8-11;/h3-5,8,13H,6-7,9-10,17H2,1-2H3;1H. The van der Waals surface area contributed by atoms with Crippen LogP contribution in [0.1, 0.15) is 25.8 Å². The molecule has 0 aromatic heterocycles. The van der Waals surface area contributed by atoms with Crippen LogP contribution in [0.15, 0.2) is 28.7 Å². The monoisotopic (exact) mass is 360 g/mol. The van der Waals surface area contributed by atoms with Gasteiger partial charge in [-0.25, -0.2) is 0 Å². The second-order valence-corrected chi connectivity index (χ2v) is 6.92. The van der Waals surface area contributed by atoms with Crippen molar-refractivity contribution in [3.05, 3.63) is 34.3 Å². The summed E-state index contributed by atoms with van der Waals surface area (Å²) in [6.07, 6.45) is 1.35. The molecule has 1 unspecified atom stereocenters. The van der Waals surface area contributed by atoms with Crippen molar-refractivity contribution in [2.75, 3.05) is 13.1 Å². The molecule has 2 N–H and O–H groups in total. The molecule has 1 amide bonds. The molecule has 0 aliphatic carbocycles. The van der Waals surface area contributed by atoms with Crippen molar-refractivity contribution in [2.45, 2.75) is 32.7 Å². The molecule has 20 heavy (non-hydrogen) atoms. The first kappa shape index (κ1) is 17.5. The van der Waals surface area contributed by atoms with E-state index in [9.17, 15) is 4.79 Å². The van der Waals surface area contributed by atoms with Gasteiger partial charge in [-0.1, -0.05) is 41.9 Å². The van der Waals surface area contributed by atoms with Crippen LogP contribution in [0.2, 0.25) is 0 Å². The van der Waals surface area contributed by atoms with Gasteiger partial charge >= 0.3 is 0 Å². The molecule has 1 fully saturated rings. The highest BCUT2D eigenvalue weighted by Gasteiger charge is 2.35. The van der Waals surface area contributed by atoms with E-state index in [0.717, 1.165) is 29.5 Å².